The Hall–Kier alpha value is -1.75. The lowest BCUT2D eigenvalue weighted by atomic mass is 9.85. The summed E-state index contributed by atoms with van der Waals surface area (Å²) >= 11 is 0. The molecule has 1 rings (SSSR count). The molecular weight excluding hydrogens is 260 g/mol. The molecule has 1 aromatic rings. The zero-order valence-corrected chi connectivity index (χ0v) is 12.6. The largest absolute Gasteiger partial charge is 0.496 e. The van der Waals surface area contributed by atoms with Crippen LogP contribution in [0.25, 0.3) is 0 Å². The van der Waals surface area contributed by atoms with E-state index in [4.69, 9.17) is 14.2 Å². The van der Waals surface area contributed by atoms with E-state index in [0.29, 0.717) is 24.5 Å². The summed E-state index contributed by atoms with van der Waals surface area (Å²) in [4.78, 5) is 11.3. The first-order valence-electron chi connectivity index (χ1n) is 6.31. The molecule has 0 amide bonds. The average Bonchev–Trinajstić information content (AvgIpc) is 2.39. The predicted octanol–water partition coefficient (Wildman–Crippen LogP) is 2.50. The van der Waals surface area contributed by atoms with Gasteiger partial charge in [-0.25, -0.2) is 0 Å². The zero-order valence-electron chi connectivity index (χ0n) is 12.6. The molecule has 112 valence electrons. The molecule has 0 heterocycles. The molecule has 1 aromatic carbocycles. The first-order valence-corrected chi connectivity index (χ1v) is 6.31. The van der Waals surface area contributed by atoms with Gasteiger partial charge in [-0.2, -0.15) is 0 Å². The summed E-state index contributed by atoms with van der Waals surface area (Å²) in [5.41, 5.74) is 0.793. The van der Waals surface area contributed by atoms with Gasteiger partial charge in [0.05, 0.1) is 26.2 Å². The first-order chi connectivity index (χ1) is 9.35. The topological polar surface area (TPSA) is 65.0 Å². The van der Waals surface area contributed by atoms with Crippen molar-refractivity contribution in [3.63, 3.8) is 0 Å². The second-order valence-corrected chi connectivity index (χ2v) is 5.27. The van der Waals surface area contributed by atoms with Crippen molar-refractivity contribution in [1.82, 2.24) is 0 Å². The zero-order chi connectivity index (χ0) is 15.3. The van der Waals surface area contributed by atoms with Gasteiger partial charge in [0.2, 0.25) is 0 Å². The van der Waals surface area contributed by atoms with E-state index < -0.39 is 11.4 Å². The maximum atomic E-state index is 11.3. The van der Waals surface area contributed by atoms with Gasteiger partial charge < -0.3 is 19.3 Å². The van der Waals surface area contributed by atoms with Crippen molar-refractivity contribution in [2.45, 2.75) is 26.9 Å². The summed E-state index contributed by atoms with van der Waals surface area (Å²) in [5.74, 6) is 0.468. The van der Waals surface area contributed by atoms with Gasteiger partial charge in [-0.15, -0.1) is 0 Å². The Morgan fingerprint density at radius 3 is 2.05 bits per heavy atom. The predicted molar refractivity (Wildman–Crippen MR) is 75.4 cm³/mol. The van der Waals surface area contributed by atoms with E-state index in [2.05, 4.69) is 0 Å². The van der Waals surface area contributed by atoms with E-state index in [1.165, 1.54) is 0 Å². The Balaban J connectivity index is 3.22. The lowest BCUT2D eigenvalue weighted by Gasteiger charge is -2.22. The van der Waals surface area contributed by atoms with Crippen molar-refractivity contribution >= 4 is 5.97 Å². The number of carboxylic acids is 1. The number of hydrogen-bond acceptors (Lipinski definition) is 4. The smallest absolute Gasteiger partial charge is 0.309 e. The van der Waals surface area contributed by atoms with E-state index >= 15 is 0 Å². The van der Waals surface area contributed by atoms with E-state index in [-0.39, 0.29) is 0 Å². The molecule has 0 saturated carbocycles. The highest BCUT2D eigenvalue weighted by Crippen LogP contribution is 2.34. The summed E-state index contributed by atoms with van der Waals surface area (Å²) in [6.07, 6.45) is 0.356. The van der Waals surface area contributed by atoms with E-state index in [0.717, 1.165) is 11.1 Å². The minimum Gasteiger partial charge on any atom is -0.496 e. The highest BCUT2D eigenvalue weighted by Gasteiger charge is 2.29. The van der Waals surface area contributed by atoms with Gasteiger partial charge >= 0.3 is 5.97 Å². The second-order valence-electron chi connectivity index (χ2n) is 5.27. The fourth-order valence-electron chi connectivity index (χ4n) is 1.98. The second kappa shape index (κ2) is 6.61. The third kappa shape index (κ3) is 3.63. The summed E-state index contributed by atoms with van der Waals surface area (Å²) in [5, 5.41) is 9.24. The van der Waals surface area contributed by atoms with Crippen molar-refractivity contribution < 1.29 is 24.1 Å². The molecule has 0 aromatic heterocycles. The highest BCUT2D eigenvalue weighted by molar-refractivity contribution is 5.74. The molecule has 0 fully saturated rings. The fraction of sp³-hybridized carbons (Fsp3) is 0.533. The van der Waals surface area contributed by atoms with Gasteiger partial charge in [0.15, 0.2) is 0 Å². The molecule has 0 spiro atoms. The lowest BCUT2D eigenvalue weighted by Crippen LogP contribution is -2.26. The Labute approximate surface area is 119 Å². The van der Waals surface area contributed by atoms with Crippen LogP contribution >= 0.6 is 0 Å². The van der Waals surface area contributed by atoms with Crippen molar-refractivity contribution in [2.24, 2.45) is 5.41 Å². The van der Waals surface area contributed by atoms with Crippen LogP contribution in [-0.4, -0.2) is 32.4 Å². The van der Waals surface area contributed by atoms with Gasteiger partial charge in [0.25, 0.3) is 0 Å². The molecule has 20 heavy (non-hydrogen) atoms. The Bertz CT molecular complexity index is 479. The van der Waals surface area contributed by atoms with Gasteiger partial charge in [-0.3, -0.25) is 4.79 Å². The summed E-state index contributed by atoms with van der Waals surface area (Å²) in [7, 11) is 4.75. The van der Waals surface area contributed by atoms with Crippen LogP contribution in [0.15, 0.2) is 12.1 Å². The maximum absolute atomic E-state index is 11.3. The summed E-state index contributed by atoms with van der Waals surface area (Å²) in [6, 6.07) is 3.65. The Morgan fingerprint density at radius 1 is 1.10 bits per heavy atom. The van der Waals surface area contributed by atoms with Crippen LogP contribution in [-0.2, 0) is 22.6 Å². The van der Waals surface area contributed by atoms with Gasteiger partial charge in [0.1, 0.15) is 11.5 Å². The third-order valence-electron chi connectivity index (χ3n) is 3.19. The van der Waals surface area contributed by atoms with Crippen molar-refractivity contribution in [3.8, 4) is 11.5 Å². The number of rotatable bonds is 7. The van der Waals surface area contributed by atoms with E-state index in [1.807, 2.05) is 12.1 Å². The van der Waals surface area contributed by atoms with Crippen LogP contribution in [0.1, 0.15) is 25.0 Å². The average molecular weight is 282 g/mol. The molecule has 0 unspecified atom stereocenters. The summed E-state index contributed by atoms with van der Waals surface area (Å²) in [6.45, 7) is 3.77. The molecule has 0 atom stereocenters. The van der Waals surface area contributed by atoms with Crippen LogP contribution < -0.4 is 9.47 Å². The number of benzene rings is 1. The van der Waals surface area contributed by atoms with Gasteiger partial charge in [-0.1, -0.05) is 0 Å². The van der Waals surface area contributed by atoms with Crippen molar-refractivity contribution in [1.29, 1.82) is 0 Å². The normalized spacial score (nSPS) is 11.2. The number of methoxy groups -OCH3 is 3. The first kappa shape index (κ1) is 16.3. The lowest BCUT2D eigenvalue weighted by molar-refractivity contribution is -0.146. The number of carboxylic acid groups (broad SMARTS) is 1. The molecule has 0 aliphatic heterocycles. The van der Waals surface area contributed by atoms with Crippen LogP contribution in [0.3, 0.4) is 0 Å². The van der Waals surface area contributed by atoms with E-state index in [1.54, 1.807) is 35.2 Å². The van der Waals surface area contributed by atoms with Gasteiger partial charge in [-0.05, 0) is 38.0 Å². The molecule has 5 nitrogen and oxygen atoms in total. The number of aliphatic carboxylic acids is 1. The molecule has 1 N–H and O–H groups in total. The van der Waals surface area contributed by atoms with Crippen molar-refractivity contribution in [2.75, 3.05) is 21.3 Å². The molecule has 0 aliphatic rings. The van der Waals surface area contributed by atoms with Crippen LogP contribution in [0.4, 0.5) is 0 Å². The molecular formula is C15H22O5. The standard InChI is InChI=1S/C15H22O5/c1-15(2,14(16)17)8-10-6-13(20-5)11(9-18-3)7-12(10)19-4/h6-7H,8-9H2,1-5H3,(H,16,17). The molecule has 0 aliphatic carbocycles. The summed E-state index contributed by atoms with van der Waals surface area (Å²) < 4.78 is 15.8. The molecule has 0 saturated heterocycles. The highest BCUT2D eigenvalue weighted by atomic mass is 16.5. The number of hydrogen-bond donors (Lipinski definition) is 1. The fourth-order valence-corrected chi connectivity index (χ4v) is 1.98. The Morgan fingerprint density at radius 2 is 1.60 bits per heavy atom. The number of carbonyl (C=O) groups is 1. The van der Waals surface area contributed by atoms with Crippen LogP contribution in [0, 0.1) is 5.41 Å². The van der Waals surface area contributed by atoms with Crippen LogP contribution in [0.2, 0.25) is 0 Å². The molecule has 5 heteroatoms. The van der Waals surface area contributed by atoms with E-state index in [9.17, 15) is 9.90 Å². The maximum Gasteiger partial charge on any atom is 0.309 e. The SMILES string of the molecule is COCc1cc(OC)c(CC(C)(C)C(=O)O)cc1OC. The van der Waals surface area contributed by atoms with Crippen molar-refractivity contribution in [3.05, 3.63) is 23.3 Å². The van der Waals surface area contributed by atoms with Gasteiger partial charge in [0, 0.05) is 12.7 Å². The van der Waals surface area contributed by atoms with Crippen LogP contribution in [0.5, 0.6) is 11.5 Å². The minimum absolute atomic E-state index is 0.356. The Kier molecular flexibility index (Phi) is 5.39. The monoisotopic (exact) mass is 282 g/mol. The molecule has 0 bridgehead atoms. The number of ether oxygens (including phenoxy) is 3. The quantitative estimate of drug-likeness (QED) is 0.832. The molecule has 0 radical (unpaired) electrons. The third-order valence-corrected chi connectivity index (χ3v) is 3.19. The minimum atomic E-state index is -0.874.